The summed E-state index contributed by atoms with van der Waals surface area (Å²) in [4.78, 5) is 12.9. The smallest absolute Gasteiger partial charge is 0.282 e. The Morgan fingerprint density at radius 1 is 1.15 bits per heavy atom. The molecule has 2 aromatic rings. The lowest BCUT2D eigenvalue weighted by Crippen LogP contribution is -2.49. The van der Waals surface area contributed by atoms with Crippen molar-refractivity contribution < 1.29 is 13.3 Å². The van der Waals surface area contributed by atoms with E-state index in [1.165, 1.54) is 16.4 Å². The highest BCUT2D eigenvalue weighted by Crippen LogP contribution is 2.23. The average Bonchev–Trinajstić information content (AvgIpc) is 2.89. The van der Waals surface area contributed by atoms with Gasteiger partial charge in [-0.25, -0.2) is 13.1 Å². The molecule has 0 saturated carbocycles. The van der Waals surface area contributed by atoms with Gasteiger partial charge in [0, 0.05) is 31.2 Å². The van der Waals surface area contributed by atoms with Crippen molar-refractivity contribution in [3.05, 3.63) is 50.8 Å². The Labute approximate surface area is 162 Å². The number of nitro groups is 1. The van der Waals surface area contributed by atoms with Gasteiger partial charge in [-0.2, -0.15) is 9.40 Å². The maximum Gasteiger partial charge on any atom is 0.312 e. The van der Waals surface area contributed by atoms with Gasteiger partial charge in [-0.3, -0.25) is 15.0 Å². The van der Waals surface area contributed by atoms with E-state index in [0.29, 0.717) is 49.3 Å². The molecular weight excluding hydrogens is 394 g/mol. The van der Waals surface area contributed by atoms with Gasteiger partial charge in [0.15, 0.2) is 0 Å². The Hall–Kier alpha value is -2.01. The van der Waals surface area contributed by atoms with E-state index in [1.54, 1.807) is 30.7 Å². The van der Waals surface area contributed by atoms with Crippen LogP contribution < -0.4 is 0 Å². The minimum Gasteiger partial charge on any atom is -0.282 e. The second kappa shape index (κ2) is 7.55. The molecule has 11 heteroatoms. The van der Waals surface area contributed by atoms with Gasteiger partial charge in [0.05, 0.1) is 16.5 Å². The summed E-state index contributed by atoms with van der Waals surface area (Å²) in [6.07, 6.45) is 0. The van der Waals surface area contributed by atoms with E-state index in [9.17, 15) is 18.5 Å². The molecule has 0 bridgehead atoms. The predicted octanol–water partition coefficient (Wildman–Crippen LogP) is 2.03. The third-order valence-electron chi connectivity index (χ3n) is 4.64. The van der Waals surface area contributed by atoms with E-state index in [2.05, 4.69) is 5.10 Å². The fraction of sp³-hybridized carbons (Fsp3) is 0.438. The average molecular weight is 414 g/mol. The molecule has 1 saturated heterocycles. The summed E-state index contributed by atoms with van der Waals surface area (Å²) in [7, 11) is -3.56. The summed E-state index contributed by atoms with van der Waals surface area (Å²) < 4.78 is 28.5. The molecule has 27 heavy (non-hydrogen) atoms. The number of rotatable bonds is 5. The Morgan fingerprint density at radius 2 is 1.74 bits per heavy atom. The van der Waals surface area contributed by atoms with Gasteiger partial charge < -0.3 is 0 Å². The van der Waals surface area contributed by atoms with Gasteiger partial charge in [0.1, 0.15) is 11.4 Å². The number of hydrogen-bond donors (Lipinski definition) is 0. The fourth-order valence-electron chi connectivity index (χ4n) is 3.15. The summed E-state index contributed by atoms with van der Waals surface area (Å²) in [6.45, 7) is 5.36. The molecule has 1 aliphatic rings. The van der Waals surface area contributed by atoms with Crippen LogP contribution in [0.25, 0.3) is 0 Å². The quantitative estimate of drug-likeness (QED) is 0.549. The standard InChI is InChI=1S/C16H20ClN5O4S/c1-12-16(22(23)24)13(2)21(18-12)11-19-7-9-20(10-8-19)27(25,26)15-5-3-14(17)4-6-15/h3-6H,7-11H2,1-2H3. The Kier molecular flexibility index (Phi) is 5.52. The normalized spacial score (nSPS) is 16.6. The first kappa shape index (κ1) is 19.7. The molecule has 1 aliphatic heterocycles. The first-order valence-corrected chi connectivity index (χ1v) is 10.2. The molecule has 0 radical (unpaired) electrons. The number of halogens is 1. The van der Waals surface area contributed by atoms with Crippen LogP contribution in [0.15, 0.2) is 29.2 Å². The highest BCUT2D eigenvalue weighted by Gasteiger charge is 2.29. The number of hydrogen-bond acceptors (Lipinski definition) is 6. The van der Waals surface area contributed by atoms with Gasteiger partial charge >= 0.3 is 5.69 Å². The molecule has 0 atom stereocenters. The summed E-state index contributed by atoms with van der Waals surface area (Å²) in [5.74, 6) is 0. The lowest BCUT2D eigenvalue weighted by molar-refractivity contribution is -0.386. The fourth-order valence-corrected chi connectivity index (χ4v) is 4.69. The maximum absolute atomic E-state index is 12.7. The van der Waals surface area contributed by atoms with E-state index in [0.717, 1.165) is 0 Å². The van der Waals surface area contributed by atoms with E-state index in [1.807, 2.05) is 4.90 Å². The molecular formula is C16H20ClN5O4S. The first-order valence-electron chi connectivity index (χ1n) is 8.36. The van der Waals surface area contributed by atoms with Crippen molar-refractivity contribution in [3.8, 4) is 0 Å². The van der Waals surface area contributed by atoms with Crippen LogP contribution in [0.2, 0.25) is 5.02 Å². The van der Waals surface area contributed by atoms with E-state index < -0.39 is 14.9 Å². The zero-order chi connectivity index (χ0) is 19.8. The van der Waals surface area contributed by atoms with Crippen molar-refractivity contribution in [1.29, 1.82) is 0 Å². The molecule has 0 amide bonds. The molecule has 1 aromatic carbocycles. The second-order valence-electron chi connectivity index (χ2n) is 6.39. The third-order valence-corrected chi connectivity index (χ3v) is 6.81. The lowest BCUT2D eigenvalue weighted by Gasteiger charge is -2.33. The van der Waals surface area contributed by atoms with Crippen molar-refractivity contribution in [1.82, 2.24) is 19.0 Å². The van der Waals surface area contributed by atoms with Gasteiger partial charge in [-0.1, -0.05) is 11.6 Å². The van der Waals surface area contributed by atoms with Gasteiger partial charge in [0.25, 0.3) is 0 Å². The second-order valence-corrected chi connectivity index (χ2v) is 8.77. The zero-order valence-electron chi connectivity index (χ0n) is 15.0. The largest absolute Gasteiger partial charge is 0.312 e. The van der Waals surface area contributed by atoms with Gasteiger partial charge in [-0.05, 0) is 38.1 Å². The van der Waals surface area contributed by atoms with Crippen LogP contribution in [0.1, 0.15) is 11.4 Å². The SMILES string of the molecule is Cc1nn(CN2CCN(S(=O)(=O)c3ccc(Cl)cc3)CC2)c(C)c1[N+](=O)[O-]. The van der Waals surface area contributed by atoms with E-state index in [4.69, 9.17) is 11.6 Å². The van der Waals surface area contributed by atoms with Crippen LogP contribution in [0.5, 0.6) is 0 Å². The number of aromatic nitrogens is 2. The van der Waals surface area contributed by atoms with Crippen LogP contribution in [-0.2, 0) is 16.7 Å². The van der Waals surface area contributed by atoms with Crippen molar-refractivity contribution in [2.45, 2.75) is 25.4 Å². The van der Waals surface area contributed by atoms with E-state index in [-0.39, 0.29) is 10.6 Å². The predicted molar refractivity (Wildman–Crippen MR) is 100 cm³/mol. The highest BCUT2D eigenvalue weighted by atomic mass is 35.5. The van der Waals surface area contributed by atoms with Crippen LogP contribution in [0, 0.1) is 24.0 Å². The van der Waals surface area contributed by atoms with Crippen molar-refractivity contribution in [3.63, 3.8) is 0 Å². The van der Waals surface area contributed by atoms with Crippen LogP contribution in [-0.4, -0.2) is 58.5 Å². The molecule has 0 N–H and O–H groups in total. The van der Waals surface area contributed by atoms with Crippen molar-refractivity contribution in [2.24, 2.45) is 0 Å². The van der Waals surface area contributed by atoms with Gasteiger partial charge in [0.2, 0.25) is 10.0 Å². The summed E-state index contributed by atoms with van der Waals surface area (Å²) in [5, 5.41) is 15.8. The van der Waals surface area contributed by atoms with E-state index >= 15 is 0 Å². The monoisotopic (exact) mass is 413 g/mol. The molecule has 1 fully saturated rings. The maximum atomic E-state index is 12.7. The minimum atomic E-state index is -3.56. The summed E-state index contributed by atoms with van der Waals surface area (Å²) in [6, 6.07) is 6.11. The van der Waals surface area contributed by atoms with Gasteiger partial charge in [-0.15, -0.1) is 0 Å². The molecule has 9 nitrogen and oxygen atoms in total. The molecule has 0 spiro atoms. The first-order chi connectivity index (χ1) is 12.7. The Morgan fingerprint density at radius 3 is 2.26 bits per heavy atom. The molecule has 146 valence electrons. The van der Waals surface area contributed by atoms with Crippen molar-refractivity contribution in [2.75, 3.05) is 26.2 Å². The number of aryl methyl sites for hydroxylation is 1. The molecule has 1 aromatic heterocycles. The van der Waals surface area contributed by atoms with Crippen LogP contribution in [0.3, 0.4) is 0 Å². The molecule has 0 aliphatic carbocycles. The summed E-state index contributed by atoms with van der Waals surface area (Å²) >= 11 is 5.82. The topological polar surface area (TPSA) is 102 Å². The zero-order valence-corrected chi connectivity index (χ0v) is 16.6. The molecule has 0 unspecified atom stereocenters. The number of benzene rings is 1. The number of piperazine rings is 1. The Bertz CT molecular complexity index is 950. The Balaban J connectivity index is 1.66. The van der Waals surface area contributed by atoms with Crippen LogP contribution >= 0.6 is 11.6 Å². The number of nitrogens with zero attached hydrogens (tertiary/aromatic N) is 5. The lowest BCUT2D eigenvalue weighted by atomic mass is 10.3. The van der Waals surface area contributed by atoms with Crippen molar-refractivity contribution >= 4 is 27.3 Å². The minimum absolute atomic E-state index is 0.0268. The molecule has 2 heterocycles. The summed E-state index contributed by atoms with van der Waals surface area (Å²) in [5.41, 5.74) is 0.897. The van der Waals surface area contributed by atoms with Crippen LogP contribution in [0.4, 0.5) is 5.69 Å². The third kappa shape index (κ3) is 3.98. The molecule has 3 rings (SSSR count). The highest BCUT2D eigenvalue weighted by molar-refractivity contribution is 7.89. The number of sulfonamides is 1.